The zero-order chi connectivity index (χ0) is 10.9. The van der Waals surface area contributed by atoms with Crippen molar-refractivity contribution in [1.29, 1.82) is 0 Å². The van der Waals surface area contributed by atoms with Crippen molar-refractivity contribution < 1.29 is 4.74 Å². The van der Waals surface area contributed by atoms with Crippen LogP contribution in [0, 0.1) is 0 Å². The zero-order valence-electron chi connectivity index (χ0n) is 9.00. The summed E-state index contributed by atoms with van der Waals surface area (Å²) < 4.78 is 5.41. The first-order chi connectivity index (χ1) is 7.34. The molecular weight excluding hydrogens is 212 g/mol. The number of rotatable bonds is 7. The van der Waals surface area contributed by atoms with Gasteiger partial charge < -0.3 is 10.1 Å². The third-order valence-corrected chi connectivity index (χ3v) is 2.28. The largest absolute Gasteiger partial charge is 0.381 e. The lowest BCUT2D eigenvalue weighted by atomic mass is 10.4. The highest BCUT2D eigenvalue weighted by Gasteiger charge is 1.97. The fourth-order valence-corrected chi connectivity index (χ4v) is 1.31. The Kier molecular flexibility index (Phi) is 6.12. The van der Waals surface area contributed by atoms with Crippen LogP contribution in [0.25, 0.3) is 0 Å². The van der Waals surface area contributed by atoms with Crippen molar-refractivity contribution in [3.8, 4) is 0 Å². The maximum Gasteiger partial charge on any atom is 0.0820 e. The Balaban J connectivity index is 2.12. The van der Waals surface area contributed by atoms with Gasteiger partial charge >= 0.3 is 0 Å². The van der Waals surface area contributed by atoms with E-state index in [0.29, 0.717) is 11.6 Å². The van der Waals surface area contributed by atoms with Crippen molar-refractivity contribution in [1.82, 2.24) is 4.98 Å². The van der Waals surface area contributed by atoms with Crippen LogP contribution in [0.4, 0.5) is 5.69 Å². The molecule has 15 heavy (non-hydrogen) atoms. The number of unbranched alkanes of at least 4 members (excludes halogenated alkanes) is 1. The van der Waals surface area contributed by atoms with Crippen LogP contribution in [0.2, 0.25) is 5.02 Å². The Bertz CT molecular complexity index is 281. The molecular formula is C11H17ClN2O. The van der Waals surface area contributed by atoms with Gasteiger partial charge in [-0.3, -0.25) is 4.98 Å². The van der Waals surface area contributed by atoms with Gasteiger partial charge in [-0.05, 0) is 12.5 Å². The molecule has 0 spiro atoms. The summed E-state index contributed by atoms with van der Waals surface area (Å²) in [6.45, 7) is 4.46. The van der Waals surface area contributed by atoms with E-state index in [1.54, 1.807) is 12.4 Å². The molecule has 0 aliphatic carbocycles. The first kappa shape index (κ1) is 12.3. The number of hydrogen-bond donors (Lipinski definition) is 1. The molecule has 0 aliphatic rings. The average molecular weight is 229 g/mol. The molecule has 0 bridgehead atoms. The highest BCUT2D eigenvalue weighted by atomic mass is 35.5. The Morgan fingerprint density at radius 2 is 2.33 bits per heavy atom. The molecule has 1 N–H and O–H groups in total. The molecule has 84 valence electrons. The predicted molar refractivity (Wildman–Crippen MR) is 63.5 cm³/mol. The second kappa shape index (κ2) is 7.49. The van der Waals surface area contributed by atoms with Crippen LogP contribution in [0.1, 0.15) is 19.8 Å². The van der Waals surface area contributed by atoms with E-state index in [4.69, 9.17) is 16.3 Å². The van der Waals surface area contributed by atoms with E-state index in [-0.39, 0.29) is 0 Å². The van der Waals surface area contributed by atoms with Gasteiger partial charge in [0.15, 0.2) is 0 Å². The van der Waals surface area contributed by atoms with Crippen molar-refractivity contribution in [2.24, 2.45) is 0 Å². The first-order valence-electron chi connectivity index (χ1n) is 5.25. The quantitative estimate of drug-likeness (QED) is 0.729. The van der Waals surface area contributed by atoms with Gasteiger partial charge in [-0.15, -0.1) is 0 Å². The standard InChI is InChI=1S/C11H17ClN2O/c1-2-3-7-15-8-6-14-11-4-5-13-9-10(11)12/h4-5,9H,2-3,6-8H2,1H3,(H,13,14). The molecule has 4 heteroatoms. The summed E-state index contributed by atoms with van der Waals surface area (Å²) in [7, 11) is 0. The molecule has 1 rings (SSSR count). The fourth-order valence-electron chi connectivity index (χ4n) is 1.12. The number of aromatic nitrogens is 1. The SMILES string of the molecule is CCCCOCCNc1ccncc1Cl. The maximum atomic E-state index is 5.92. The molecule has 0 aromatic carbocycles. The molecule has 0 saturated carbocycles. The summed E-state index contributed by atoms with van der Waals surface area (Å²) in [5.74, 6) is 0. The highest BCUT2D eigenvalue weighted by Crippen LogP contribution is 2.18. The van der Waals surface area contributed by atoms with Gasteiger partial charge in [0.2, 0.25) is 0 Å². The molecule has 0 saturated heterocycles. The van der Waals surface area contributed by atoms with E-state index >= 15 is 0 Å². The third kappa shape index (κ3) is 5.00. The van der Waals surface area contributed by atoms with Crippen molar-refractivity contribution in [2.45, 2.75) is 19.8 Å². The Hall–Kier alpha value is -0.800. The lowest BCUT2D eigenvalue weighted by molar-refractivity contribution is 0.141. The van der Waals surface area contributed by atoms with Gasteiger partial charge in [-0.1, -0.05) is 24.9 Å². The van der Waals surface area contributed by atoms with Gasteiger partial charge in [0.05, 0.1) is 17.3 Å². The van der Waals surface area contributed by atoms with E-state index in [0.717, 1.165) is 25.3 Å². The van der Waals surface area contributed by atoms with E-state index in [1.807, 2.05) is 6.07 Å². The van der Waals surface area contributed by atoms with Crippen molar-refractivity contribution in [3.63, 3.8) is 0 Å². The van der Waals surface area contributed by atoms with Gasteiger partial charge in [-0.25, -0.2) is 0 Å². The van der Waals surface area contributed by atoms with E-state index in [9.17, 15) is 0 Å². The van der Waals surface area contributed by atoms with Crippen LogP contribution in [-0.4, -0.2) is 24.7 Å². The second-order valence-corrected chi connectivity index (χ2v) is 3.66. The Morgan fingerprint density at radius 3 is 3.07 bits per heavy atom. The monoisotopic (exact) mass is 228 g/mol. The van der Waals surface area contributed by atoms with Crippen molar-refractivity contribution in [3.05, 3.63) is 23.5 Å². The van der Waals surface area contributed by atoms with Crippen LogP contribution in [-0.2, 0) is 4.74 Å². The minimum atomic E-state index is 0.644. The summed E-state index contributed by atoms with van der Waals surface area (Å²) in [5, 5.41) is 3.84. The molecule has 3 nitrogen and oxygen atoms in total. The van der Waals surface area contributed by atoms with E-state index in [2.05, 4.69) is 17.2 Å². The van der Waals surface area contributed by atoms with Crippen LogP contribution < -0.4 is 5.32 Å². The molecule has 1 heterocycles. The number of nitrogens with one attached hydrogen (secondary N) is 1. The summed E-state index contributed by atoms with van der Waals surface area (Å²) in [6, 6.07) is 1.86. The smallest absolute Gasteiger partial charge is 0.0820 e. The molecule has 0 radical (unpaired) electrons. The summed E-state index contributed by atoms with van der Waals surface area (Å²) in [5.41, 5.74) is 0.908. The summed E-state index contributed by atoms with van der Waals surface area (Å²) in [6.07, 6.45) is 5.63. The second-order valence-electron chi connectivity index (χ2n) is 3.25. The van der Waals surface area contributed by atoms with Gasteiger partial charge in [0, 0.05) is 25.5 Å². The van der Waals surface area contributed by atoms with Crippen molar-refractivity contribution in [2.75, 3.05) is 25.1 Å². The third-order valence-electron chi connectivity index (χ3n) is 1.98. The lowest BCUT2D eigenvalue weighted by Gasteiger charge is -2.07. The van der Waals surface area contributed by atoms with Gasteiger partial charge in [0.25, 0.3) is 0 Å². The molecule has 0 fully saturated rings. The van der Waals surface area contributed by atoms with Crippen LogP contribution in [0.5, 0.6) is 0 Å². The zero-order valence-corrected chi connectivity index (χ0v) is 9.76. The average Bonchev–Trinajstić information content (AvgIpc) is 2.25. The van der Waals surface area contributed by atoms with Crippen LogP contribution in [0.15, 0.2) is 18.5 Å². The molecule has 0 aliphatic heterocycles. The number of halogens is 1. The summed E-state index contributed by atoms with van der Waals surface area (Å²) >= 11 is 5.92. The molecule has 0 unspecified atom stereocenters. The summed E-state index contributed by atoms with van der Waals surface area (Å²) in [4.78, 5) is 3.91. The number of ether oxygens (including phenoxy) is 1. The van der Waals surface area contributed by atoms with Gasteiger partial charge in [0.1, 0.15) is 0 Å². The van der Waals surface area contributed by atoms with Crippen molar-refractivity contribution >= 4 is 17.3 Å². The first-order valence-corrected chi connectivity index (χ1v) is 5.63. The Labute approximate surface area is 95.8 Å². The fraction of sp³-hybridized carbons (Fsp3) is 0.545. The number of hydrogen-bond acceptors (Lipinski definition) is 3. The lowest BCUT2D eigenvalue weighted by Crippen LogP contribution is -2.10. The van der Waals surface area contributed by atoms with Crippen LogP contribution in [0.3, 0.4) is 0 Å². The molecule has 0 atom stereocenters. The normalized spacial score (nSPS) is 10.3. The molecule has 0 amide bonds. The molecule has 1 aromatic rings. The Morgan fingerprint density at radius 1 is 1.47 bits per heavy atom. The van der Waals surface area contributed by atoms with Crippen LogP contribution >= 0.6 is 11.6 Å². The highest BCUT2D eigenvalue weighted by molar-refractivity contribution is 6.33. The van der Waals surface area contributed by atoms with Gasteiger partial charge in [-0.2, -0.15) is 0 Å². The number of nitrogens with zero attached hydrogens (tertiary/aromatic N) is 1. The number of anilines is 1. The predicted octanol–water partition coefficient (Wildman–Crippen LogP) is 2.96. The topological polar surface area (TPSA) is 34.1 Å². The van der Waals surface area contributed by atoms with E-state index in [1.165, 1.54) is 6.42 Å². The molecule has 1 aromatic heterocycles. The minimum absolute atomic E-state index is 0.644. The number of pyridine rings is 1. The van der Waals surface area contributed by atoms with E-state index < -0.39 is 0 Å². The maximum absolute atomic E-state index is 5.92. The minimum Gasteiger partial charge on any atom is -0.381 e.